The fourth-order valence-electron chi connectivity index (χ4n) is 3.79. The van der Waals surface area contributed by atoms with Gasteiger partial charge in [-0.25, -0.2) is 4.79 Å². The van der Waals surface area contributed by atoms with Gasteiger partial charge in [0.25, 0.3) is 0 Å². The number of aryl methyl sites for hydroxylation is 1. The number of hydrogen-bond donors (Lipinski definition) is 0. The molecular formula is C26H31NO3. The third-order valence-corrected chi connectivity index (χ3v) is 5.37. The summed E-state index contributed by atoms with van der Waals surface area (Å²) in [6.45, 7) is 10.9. The minimum Gasteiger partial charge on any atom is -0.490 e. The molecule has 0 atom stereocenters. The van der Waals surface area contributed by atoms with Crippen molar-refractivity contribution < 1.29 is 14.3 Å². The zero-order chi connectivity index (χ0) is 21.5. The number of esters is 1. The predicted molar refractivity (Wildman–Crippen MR) is 121 cm³/mol. The van der Waals surface area contributed by atoms with E-state index in [4.69, 9.17) is 9.47 Å². The Morgan fingerprint density at radius 1 is 1.17 bits per heavy atom. The van der Waals surface area contributed by atoms with E-state index in [-0.39, 0.29) is 12.1 Å². The van der Waals surface area contributed by atoms with Gasteiger partial charge in [0.05, 0.1) is 12.7 Å². The molecule has 0 aromatic heterocycles. The number of carbonyl (C=O) groups is 1. The Balaban J connectivity index is 1.60. The predicted octanol–water partition coefficient (Wildman–Crippen LogP) is 5.38. The molecule has 4 heteroatoms. The zero-order valence-electron chi connectivity index (χ0n) is 18.2. The van der Waals surface area contributed by atoms with Crippen molar-refractivity contribution in [3.8, 4) is 0 Å². The lowest BCUT2D eigenvalue weighted by Crippen LogP contribution is -2.36. The zero-order valence-corrected chi connectivity index (χ0v) is 18.2. The summed E-state index contributed by atoms with van der Waals surface area (Å²) in [4.78, 5) is 14.2. The lowest BCUT2D eigenvalue weighted by atomic mass is 10.0. The summed E-state index contributed by atoms with van der Waals surface area (Å²) in [6.07, 6.45) is 4.16. The summed E-state index contributed by atoms with van der Waals surface area (Å²) in [5.74, 6) is 0.613. The molecule has 0 radical (unpaired) electrons. The molecule has 0 amide bonds. The highest BCUT2D eigenvalue weighted by atomic mass is 16.5. The first kappa shape index (κ1) is 21.8. The number of carbonyl (C=O) groups excluding carboxylic acids is 1. The van der Waals surface area contributed by atoms with E-state index in [0.29, 0.717) is 5.56 Å². The molecule has 0 N–H and O–H groups in total. The van der Waals surface area contributed by atoms with E-state index in [2.05, 4.69) is 36.6 Å². The normalized spacial score (nSPS) is 15.6. The summed E-state index contributed by atoms with van der Waals surface area (Å²) in [5, 5.41) is 0. The molecule has 0 bridgehead atoms. The number of rotatable bonds is 7. The molecule has 1 saturated heterocycles. The summed E-state index contributed by atoms with van der Waals surface area (Å²) >= 11 is 0. The van der Waals surface area contributed by atoms with Gasteiger partial charge in [-0.2, -0.15) is 0 Å². The van der Waals surface area contributed by atoms with Crippen molar-refractivity contribution in [2.24, 2.45) is 0 Å². The highest BCUT2D eigenvalue weighted by Crippen LogP contribution is 2.27. The molecule has 0 spiro atoms. The van der Waals surface area contributed by atoms with Gasteiger partial charge in [0.1, 0.15) is 11.9 Å². The lowest BCUT2D eigenvalue weighted by molar-refractivity contribution is 0.0600. The molecule has 30 heavy (non-hydrogen) atoms. The second kappa shape index (κ2) is 10.3. The molecule has 2 aromatic carbocycles. The minimum atomic E-state index is -0.294. The third-order valence-electron chi connectivity index (χ3n) is 5.37. The van der Waals surface area contributed by atoms with Gasteiger partial charge in [-0.15, -0.1) is 0 Å². The van der Waals surface area contributed by atoms with E-state index in [1.807, 2.05) is 37.3 Å². The minimum absolute atomic E-state index is 0.188. The standard InChI is InChI=1S/C26H31NO3/c1-19(2)16-25(24-11-6-5-8-20(24)3)30-23-12-14-27(15-13-23)18-21-9-7-10-22(17-21)26(28)29-4/h5-11,16-17,23H,1,12-15,18H2,2-4H3/b25-16+. The third kappa shape index (κ3) is 5.83. The van der Waals surface area contributed by atoms with Crippen LogP contribution in [0.25, 0.3) is 5.76 Å². The highest BCUT2D eigenvalue weighted by molar-refractivity contribution is 5.89. The molecule has 3 rings (SSSR count). The fourth-order valence-corrected chi connectivity index (χ4v) is 3.79. The highest BCUT2D eigenvalue weighted by Gasteiger charge is 2.22. The van der Waals surface area contributed by atoms with E-state index in [9.17, 15) is 4.79 Å². The number of likely N-dealkylation sites (tertiary alicyclic amines) is 1. The van der Waals surface area contributed by atoms with Crippen LogP contribution in [0.2, 0.25) is 0 Å². The van der Waals surface area contributed by atoms with E-state index in [1.165, 1.54) is 12.7 Å². The van der Waals surface area contributed by atoms with Crippen molar-refractivity contribution in [2.75, 3.05) is 20.2 Å². The monoisotopic (exact) mass is 405 g/mol. The molecule has 4 nitrogen and oxygen atoms in total. The van der Waals surface area contributed by atoms with Crippen LogP contribution in [0.4, 0.5) is 0 Å². The van der Waals surface area contributed by atoms with Gasteiger partial charge in [-0.05, 0) is 56.0 Å². The number of methoxy groups -OCH3 is 1. The molecule has 0 saturated carbocycles. The maximum atomic E-state index is 11.8. The molecular weight excluding hydrogens is 374 g/mol. The second-order valence-electron chi connectivity index (χ2n) is 7.96. The molecule has 1 aliphatic rings. The van der Waals surface area contributed by atoms with Crippen LogP contribution < -0.4 is 0 Å². The molecule has 1 aliphatic heterocycles. The number of nitrogens with zero attached hydrogens (tertiary/aromatic N) is 1. The van der Waals surface area contributed by atoms with Crippen LogP contribution in [0.15, 0.2) is 66.8 Å². The maximum Gasteiger partial charge on any atom is 0.337 e. The average molecular weight is 406 g/mol. The summed E-state index contributed by atoms with van der Waals surface area (Å²) in [6, 6.07) is 16.0. The van der Waals surface area contributed by atoms with Crippen LogP contribution in [0.3, 0.4) is 0 Å². The van der Waals surface area contributed by atoms with Crippen molar-refractivity contribution in [1.29, 1.82) is 0 Å². The maximum absolute atomic E-state index is 11.8. The Kier molecular flexibility index (Phi) is 7.47. The van der Waals surface area contributed by atoms with Crippen LogP contribution >= 0.6 is 0 Å². The van der Waals surface area contributed by atoms with Crippen molar-refractivity contribution in [3.63, 3.8) is 0 Å². The van der Waals surface area contributed by atoms with Gasteiger partial charge in [0, 0.05) is 25.2 Å². The van der Waals surface area contributed by atoms with Crippen LogP contribution in [0.1, 0.15) is 46.8 Å². The quantitative estimate of drug-likeness (QED) is 0.352. The Hall–Kier alpha value is -2.85. The van der Waals surface area contributed by atoms with Crippen LogP contribution in [-0.4, -0.2) is 37.2 Å². The molecule has 0 aliphatic carbocycles. The average Bonchev–Trinajstić information content (AvgIpc) is 2.74. The van der Waals surface area contributed by atoms with Gasteiger partial charge in [-0.1, -0.05) is 48.6 Å². The van der Waals surface area contributed by atoms with Gasteiger partial charge >= 0.3 is 5.97 Å². The van der Waals surface area contributed by atoms with E-state index in [1.54, 1.807) is 6.07 Å². The first-order valence-electron chi connectivity index (χ1n) is 10.5. The fraction of sp³-hybridized carbons (Fsp3) is 0.346. The Morgan fingerprint density at radius 2 is 1.90 bits per heavy atom. The van der Waals surface area contributed by atoms with Crippen LogP contribution in [0.5, 0.6) is 0 Å². The Labute approximate surface area is 179 Å². The van der Waals surface area contributed by atoms with E-state index < -0.39 is 0 Å². The number of benzene rings is 2. The SMILES string of the molecule is C=C(C)/C=C(/OC1CCN(Cc2cccc(C(=O)OC)c2)CC1)c1ccccc1C. The topological polar surface area (TPSA) is 38.8 Å². The summed E-state index contributed by atoms with van der Waals surface area (Å²) < 4.78 is 11.3. The molecule has 2 aromatic rings. The smallest absolute Gasteiger partial charge is 0.337 e. The first-order valence-corrected chi connectivity index (χ1v) is 10.5. The van der Waals surface area contributed by atoms with Crippen LogP contribution in [0, 0.1) is 6.92 Å². The lowest BCUT2D eigenvalue weighted by Gasteiger charge is -2.33. The van der Waals surface area contributed by atoms with Crippen molar-refractivity contribution in [1.82, 2.24) is 4.90 Å². The van der Waals surface area contributed by atoms with Gasteiger partial charge in [0.15, 0.2) is 0 Å². The number of hydrogen-bond acceptors (Lipinski definition) is 4. The number of allylic oxidation sites excluding steroid dienone is 2. The first-order chi connectivity index (χ1) is 14.5. The van der Waals surface area contributed by atoms with E-state index in [0.717, 1.165) is 54.9 Å². The molecule has 1 heterocycles. The molecule has 158 valence electrons. The van der Waals surface area contributed by atoms with E-state index >= 15 is 0 Å². The van der Waals surface area contributed by atoms with Gasteiger partial charge < -0.3 is 9.47 Å². The van der Waals surface area contributed by atoms with Gasteiger partial charge in [0.2, 0.25) is 0 Å². The summed E-state index contributed by atoms with van der Waals surface area (Å²) in [5.41, 5.74) is 5.03. The largest absolute Gasteiger partial charge is 0.490 e. The molecule has 1 fully saturated rings. The second-order valence-corrected chi connectivity index (χ2v) is 7.96. The Bertz CT molecular complexity index is 923. The van der Waals surface area contributed by atoms with Gasteiger partial charge in [-0.3, -0.25) is 4.90 Å². The van der Waals surface area contributed by atoms with Crippen molar-refractivity contribution in [3.05, 3.63) is 89.0 Å². The molecule has 0 unspecified atom stereocenters. The number of ether oxygens (including phenoxy) is 2. The number of piperidine rings is 1. The van der Waals surface area contributed by atoms with Crippen molar-refractivity contribution >= 4 is 11.7 Å². The Morgan fingerprint density at radius 3 is 2.57 bits per heavy atom. The summed E-state index contributed by atoms with van der Waals surface area (Å²) in [7, 11) is 1.41. The van der Waals surface area contributed by atoms with Crippen LogP contribution in [-0.2, 0) is 16.0 Å². The van der Waals surface area contributed by atoms with Crippen molar-refractivity contribution in [2.45, 2.75) is 39.3 Å².